The van der Waals surface area contributed by atoms with E-state index in [0.29, 0.717) is 5.41 Å². The maximum Gasteiger partial charge on any atom is -0.00174 e. The molecule has 0 aliphatic rings. The largest absolute Gasteiger partial charge is 0.330 e. The van der Waals surface area contributed by atoms with Crippen molar-refractivity contribution >= 4 is 0 Å². The lowest BCUT2D eigenvalue weighted by molar-refractivity contribution is 0.251. The van der Waals surface area contributed by atoms with Crippen LogP contribution in [0.1, 0.15) is 50.7 Å². The molecule has 0 heterocycles. The Balaban J connectivity index is 2.74. The topological polar surface area (TPSA) is 26.0 Å². The predicted octanol–water partition coefficient (Wildman–Crippen LogP) is 4.08. The normalized spacial score (nSPS) is 14.6. The van der Waals surface area contributed by atoms with Crippen LogP contribution >= 0.6 is 0 Å². The van der Waals surface area contributed by atoms with E-state index in [1.165, 1.54) is 36.8 Å². The van der Waals surface area contributed by atoms with Crippen molar-refractivity contribution in [2.24, 2.45) is 11.1 Å². The number of benzene rings is 1. The molecule has 2 N–H and O–H groups in total. The van der Waals surface area contributed by atoms with Gasteiger partial charge in [0.2, 0.25) is 0 Å². The van der Waals surface area contributed by atoms with Crippen molar-refractivity contribution in [2.75, 3.05) is 6.54 Å². The van der Waals surface area contributed by atoms with Crippen LogP contribution in [0.2, 0.25) is 0 Å². The van der Waals surface area contributed by atoms with Gasteiger partial charge >= 0.3 is 0 Å². The van der Waals surface area contributed by atoms with Crippen molar-refractivity contribution < 1.29 is 0 Å². The van der Waals surface area contributed by atoms with E-state index < -0.39 is 0 Å². The summed E-state index contributed by atoms with van der Waals surface area (Å²) in [6.45, 7) is 7.47. The van der Waals surface area contributed by atoms with Crippen LogP contribution in [0.15, 0.2) is 24.3 Å². The molecule has 0 bridgehead atoms. The first-order valence-electron chi connectivity index (χ1n) is 6.91. The van der Waals surface area contributed by atoms with Crippen LogP contribution in [0.4, 0.5) is 0 Å². The van der Waals surface area contributed by atoms with Crippen molar-refractivity contribution in [1.29, 1.82) is 0 Å². The third kappa shape index (κ3) is 4.16. The van der Waals surface area contributed by atoms with Crippen molar-refractivity contribution in [3.8, 4) is 0 Å². The molecule has 0 aromatic heterocycles. The van der Waals surface area contributed by atoms with Gasteiger partial charge < -0.3 is 5.73 Å². The van der Waals surface area contributed by atoms with Gasteiger partial charge in [-0.1, -0.05) is 56.5 Å². The molecule has 0 fully saturated rings. The molecular weight excluding hydrogens is 206 g/mol. The molecule has 0 saturated carbocycles. The average molecular weight is 233 g/mol. The van der Waals surface area contributed by atoms with Crippen molar-refractivity contribution in [1.82, 2.24) is 0 Å². The third-order valence-corrected chi connectivity index (χ3v) is 3.94. The Labute approximate surface area is 106 Å². The highest BCUT2D eigenvalue weighted by molar-refractivity contribution is 5.22. The van der Waals surface area contributed by atoms with Gasteiger partial charge in [0, 0.05) is 0 Å². The SMILES string of the molecule is CCCCC(CC)(CN)Cc1ccc(C)cc1. The molecule has 0 aliphatic carbocycles. The highest BCUT2D eigenvalue weighted by Crippen LogP contribution is 2.32. The van der Waals surface area contributed by atoms with Gasteiger partial charge in [0.15, 0.2) is 0 Å². The Morgan fingerprint density at radius 2 is 1.76 bits per heavy atom. The summed E-state index contributed by atoms with van der Waals surface area (Å²) in [7, 11) is 0. The molecule has 0 spiro atoms. The molecule has 0 aliphatic heterocycles. The van der Waals surface area contributed by atoms with E-state index in [0.717, 1.165) is 13.0 Å². The van der Waals surface area contributed by atoms with Gasteiger partial charge in [0.25, 0.3) is 0 Å². The fourth-order valence-electron chi connectivity index (χ4n) is 2.40. The molecule has 1 aromatic rings. The second kappa shape index (κ2) is 6.80. The molecule has 0 radical (unpaired) electrons. The van der Waals surface area contributed by atoms with Crippen molar-refractivity contribution in [2.45, 2.75) is 52.9 Å². The number of unbranched alkanes of at least 4 members (excludes halogenated alkanes) is 1. The highest BCUT2D eigenvalue weighted by atomic mass is 14.6. The molecule has 17 heavy (non-hydrogen) atoms. The summed E-state index contributed by atoms with van der Waals surface area (Å²) in [5.74, 6) is 0. The molecule has 1 nitrogen and oxygen atoms in total. The van der Waals surface area contributed by atoms with E-state index in [2.05, 4.69) is 45.0 Å². The fourth-order valence-corrected chi connectivity index (χ4v) is 2.40. The lowest BCUT2D eigenvalue weighted by atomic mass is 9.75. The van der Waals surface area contributed by atoms with Gasteiger partial charge in [-0.25, -0.2) is 0 Å². The molecule has 1 atom stereocenters. The highest BCUT2D eigenvalue weighted by Gasteiger charge is 2.26. The van der Waals surface area contributed by atoms with Crippen LogP contribution < -0.4 is 5.73 Å². The first-order valence-corrected chi connectivity index (χ1v) is 6.91. The molecule has 1 aromatic carbocycles. The fraction of sp³-hybridized carbons (Fsp3) is 0.625. The number of rotatable bonds is 7. The number of hydrogen-bond acceptors (Lipinski definition) is 1. The Kier molecular flexibility index (Phi) is 5.70. The zero-order valence-electron chi connectivity index (χ0n) is 11.6. The second-order valence-corrected chi connectivity index (χ2v) is 5.32. The molecule has 0 saturated heterocycles. The third-order valence-electron chi connectivity index (χ3n) is 3.94. The quantitative estimate of drug-likeness (QED) is 0.754. The molecule has 1 unspecified atom stereocenters. The zero-order valence-corrected chi connectivity index (χ0v) is 11.6. The van der Waals surface area contributed by atoms with Gasteiger partial charge in [0.1, 0.15) is 0 Å². The molecule has 96 valence electrons. The summed E-state index contributed by atoms with van der Waals surface area (Å²) in [4.78, 5) is 0. The molecule has 1 rings (SSSR count). The smallest absolute Gasteiger partial charge is 0.00174 e. The lowest BCUT2D eigenvalue weighted by Gasteiger charge is -2.31. The van der Waals surface area contributed by atoms with Crippen LogP contribution in [0.3, 0.4) is 0 Å². The standard InChI is InChI=1S/C16H27N/c1-4-6-11-16(5-2,13-17)12-15-9-7-14(3)8-10-15/h7-10H,4-6,11-13,17H2,1-3H3. The van der Waals surface area contributed by atoms with Gasteiger partial charge in [-0.2, -0.15) is 0 Å². The van der Waals surface area contributed by atoms with Crippen LogP contribution in [0, 0.1) is 12.3 Å². The van der Waals surface area contributed by atoms with Gasteiger partial charge in [0.05, 0.1) is 0 Å². The Bertz CT molecular complexity index is 309. The first kappa shape index (κ1) is 14.2. The average Bonchev–Trinajstić information content (AvgIpc) is 2.37. The predicted molar refractivity (Wildman–Crippen MR) is 76.2 cm³/mol. The molecule has 1 heteroatoms. The molecule has 0 amide bonds. The van der Waals surface area contributed by atoms with E-state index in [-0.39, 0.29) is 0 Å². The number of hydrogen-bond donors (Lipinski definition) is 1. The number of aryl methyl sites for hydroxylation is 1. The maximum atomic E-state index is 6.04. The van der Waals surface area contributed by atoms with Crippen molar-refractivity contribution in [3.63, 3.8) is 0 Å². The Morgan fingerprint density at radius 1 is 1.12 bits per heavy atom. The minimum Gasteiger partial charge on any atom is -0.330 e. The van der Waals surface area contributed by atoms with E-state index in [4.69, 9.17) is 5.73 Å². The van der Waals surface area contributed by atoms with Crippen LogP contribution in [0.5, 0.6) is 0 Å². The van der Waals surface area contributed by atoms with Crippen LogP contribution in [-0.2, 0) is 6.42 Å². The van der Waals surface area contributed by atoms with Gasteiger partial charge in [-0.3, -0.25) is 0 Å². The summed E-state index contributed by atoms with van der Waals surface area (Å²) in [5, 5.41) is 0. The monoisotopic (exact) mass is 233 g/mol. The second-order valence-electron chi connectivity index (χ2n) is 5.32. The Hall–Kier alpha value is -0.820. The molecular formula is C16H27N. The minimum atomic E-state index is 0.311. The first-order chi connectivity index (χ1) is 8.15. The van der Waals surface area contributed by atoms with Crippen LogP contribution in [0.25, 0.3) is 0 Å². The van der Waals surface area contributed by atoms with E-state index in [1.54, 1.807) is 0 Å². The van der Waals surface area contributed by atoms with Crippen molar-refractivity contribution in [3.05, 3.63) is 35.4 Å². The van der Waals surface area contributed by atoms with E-state index >= 15 is 0 Å². The summed E-state index contributed by atoms with van der Waals surface area (Å²) in [6, 6.07) is 8.90. The lowest BCUT2D eigenvalue weighted by Crippen LogP contribution is -2.32. The van der Waals surface area contributed by atoms with Gasteiger partial charge in [-0.15, -0.1) is 0 Å². The Morgan fingerprint density at radius 3 is 2.24 bits per heavy atom. The summed E-state index contributed by atoms with van der Waals surface area (Å²) < 4.78 is 0. The maximum absolute atomic E-state index is 6.04. The van der Waals surface area contributed by atoms with Gasteiger partial charge in [-0.05, 0) is 43.7 Å². The zero-order chi connectivity index (χ0) is 12.7. The van der Waals surface area contributed by atoms with E-state index in [9.17, 15) is 0 Å². The minimum absolute atomic E-state index is 0.311. The van der Waals surface area contributed by atoms with E-state index in [1.807, 2.05) is 0 Å². The summed E-state index contributed by atoms with van der Waals surface area (Å²) in [5.41, 5.74) is 9.11. The summed E-state index contributed by atoms with van der Waals surface area (Å²) >= 11 is 0. The van der Waals surface area contributed by atoms with Crippen LogP contribution in [-0.4, -0.2) is 6.54 Å². The number of nitrogens with two attached hydrogens (primary N) is 1. The summed E-state index contributed by atoms with van der Waals surface area (Å²) in [6.07, 6.45) is 6.11.